The van der Waals surface area contributed by atoms with Gasteiger partial charge in [-0.3, -0.25) is 4.79 Å². The molecule has 0 aliphatic carbocycles. The minimum absolute atomic E-state index is 0.0185. The van der Waals surface area contributed by atoms with E-state index in [1.807, 2.05) is 0 Å². The Morgan fingerprint density at radius 1 is 1.33 bits per heavy atom. The van der Waals surface area contributed by atoms with E-state index in [0.29, 0.717) is 38.2 Å². The maximum Gasteiger partial charge on any atom is 0.243 e. The predicted octanol–water partition coefficient (Wildman–Crippen LogP) is 2.04. The van der Waals surface area contributed by atoms with Crippen LogP contribution in [-0.4, -0.2) is 58.1 Å². The second kappa shape index (κ2) is 8.77. The van der Waals surface area contributed by atoms with Gasteiger partial charge in [-0.2, -0.15) is 4.31 Å². The van der Waals surface area contributed by atoms with Crippen LogP contribution in [0.2, 0.25) is 5.02 Å². The van der Waals surface area contributed by atoms with Crippen LogP contribution < -0.4 is 10.1 Å². The Labute approximate surface area is 165 Å². The van der Waals surface area contributed by atoms with Crippen molar-refractivity contribution in [2.75, 3.05) is 33.4 Å². The first kappa shape index (κ1) is 20.4. The van der Waals surface area contributed by atoms with Gasteiger partial charge >= 0.3 is 0 Å². The summed E-state index contributed by atoms with van der Waals surface area (Å²) in [5.74, 6) is 0.240. The maximum atomic E-state index is 12.8. The van der Waals surface area contributed by atoms with Gasteiger partial charge in [-0.1, -0.05) is 11.6 Å². The summed E-state index contributed by atoms with van der Waals surface area (Å²) < 4.78 is 37.6. The van der Waals surface area contributed by atoms with Gasteiger partial charge in [0.05, 0.1) is 23.1 Å². The van der Waals surface area contributed by atoms with Gasteiger partial charge in [0.25, 0.3) is 0 Å². The third-order valence-electron chi connectivity index (χ3n) is 5.11. The largest absolute Gasteiger partial charge is 0.495 e. The molecular formula is C18H25ClN2O5S. The highest BCUT2D eigenvalue weighted by atomic mass is 35.5. The van der Waals surface area contributed by atoms with Gasteiger partial charge in [0.15, 0.2) is 0 Å². The predicted molar refractivity (Wildman–Crippen MR) is 101 cm³/mol. The molecule has 3 rings (SSSR count). The molecule has 9 heteroatoms. The summed E-state index contributed by atoms with van der Waals surface area (Å²) in [5.41, 5.74) is 0. The van der Waals surface area contributed by atoms with Crippen molar-refractivity contribution in [3.05, 3.63) is 23.2 Å². The van der Waals surface area contributed by atoms with Crippen LogP contribution in [0.3, 0.4) is 0 Å². The zero-order valence-electron chi connectivity index (χ0n) is 15.3. The Balaban J connectivity index is 1.56. The van der Waals surface area contributed by atoms with Crippen molar-refractivity contribution < 1.29 is 22.7 Å². The molecule has 2 heterocycles. The number of methoxy groups -OCH3 is 1. The van der Waals surface area contributed by atoms with E-state index in [0.717, 1.165) is 19.4 Å². The van der Waals surface area contributed by atoms with E-state index >= 15 is 0 Å². The quantitative estimate of drug-likeness (QED) is 0.767. The number of hydrogen-bond acceptors (Lipinski definition) is 5. The molecule has 150 valence electrons. The van der Waals surface area contributed by atoms with Gasteiger partial charge in [0.1, 0.15) is 5.75 Å². The van der Waals surface area contributed by atoms with Crippen LogP contribution in [0.5, 0.6) is 5.75 Å². The number of carbonyl (C=O) groups is 1. The highest BCUT2D eigenvalue weighted by Gasteiger charge is 2.32. The minimum atomic E-state index is -3.64. The Kier molecular flexibility index (Phi) is 6.62. The molecule has 0 saturated carbocycles. The van der Waals surface area contributed by atoms with Crippen LogP contribution in [0, 0.1) is 5.92 Å². The van der Waals surface area contributed by atoms with E-state index in [-0.39, 0.29) is 27.8 Å². The van der Waals surface area contributed by atoms with Crippen molar-refractivity contribution in [3.8, 4) is 5.75 Å². The Morgan fingerprint density at radius 3 is 2.67 bits per heavy atom. The van der Waals surface area contributed by atoms with Gasteiger partial charge in [0.2, 0.25) is 15.9 Å². The summed E-state index contributed by atoms with van der Waals surface area (Å²) >= 11 is 6.06. The van der Waals surface area contributed by atoms with Crippen LogP contribution in [0.4, 0.5) is 0 Å². The van der Waals surface area contributed by atoms with Crippen molar-refractivity contribution in [1.29, 1.82) is 0 Å². The lowest BCUT2D eigenvalue weighted by molar-refractivity contribution is -0.126. The number of piperidine rings is 1. The van der Waals surface area contributed by atoms with Gasteiger partial charge < -0.3 is 14.8 Å². The molecule has 1 N–H and O–H groups in total. The van der Waals surface area contributed by atoms with Crippen molar-refractivity contribution in [1.82, 2.24) is 9.62 Å². The first-order valence-electron chi connectivity index (χ1n) is 9.15. The third kappa shape index (κ3) is 4.74. The molecule has 0 bridgehead atoms. The summed E-state index contributed by atoms with van der Waals surface area (Å²) in [7, 11) is -2.17. The fraction of sp³-hybridized carbons (Fsp3) is 0.611. The topological polar surface area (TPSA) is 84.9 Å². The molecule has 0 aromatic heterocycles. The number of hydrogen-bond donors (Lipinski definition) is 1. The van der Waals surface area contributed by atoms with Crippen molar-refractivity contribution in [3.63, 3.8) is 0 Å². The van der Waals surface area contributed by atoms with E-state index < -0.39 is 10.0 Å². The molecule has 1 aromatic carbocycles. The zero-order valence-corrected chi connectivity index (χ0v) is 16.9. The summed E-state index contributed by atoms with van der Waals surface area (Å²) in [6, 6.07) is 4.43. The Bertz CT molecular complexity index is 772. The summed E-state index contributed by atoms with van der Waals surface area (Å²) in [6.07, 6.45) is 3.11. The van der Waals surface area contributed by atoms with Crippen molar-refractivity contribution in [2.24, 2.45) is 5.92 Å². The fourth-order valence-corrected chi connectivity index (χ4v) is 5.30. The number of amides is 1. The molecule has 1 amide bonds. The van der Waals surface area contributed by atoms with E-state index in [2.05, 4.69) is 5.32 Å². The standard InChI is InChI=1S/C18H25ClN2O5S/c1-25-17-5-4-15(11-16(17)19)27(23,24)21-8-6-13(7-9-21)18(22)20-12-14-3-2-10-26-14/h4-5,11,13-14H,2-3,6-10,12H2,1H3,(H,20,22)/t14-/m1/s1. The number of rotatable bonds is 6. The van der Waals surface area contributed by atoms with E-state index in [1.54, 1.807) is 6.07 Å². The maximum absolute atomic E-state index is 12.8. The molecule has 7 nitrogen and oxygen atoms in total. The van der Waals surface area contributed by atoms with Crippen molar-refractivity contribution >= 4 is 27.5 Å². The average Bonchev–Trinajstić information content (AvgIpc) is 3.19. The lowest BCUT2D eigenvalue weighted by Gasteiger charge is -2.30. The molecule has 2 fully saturated rings. The average molecular weight is 417 g/mol. The normalized spacial score (nSPS) is 21.9. The Morgan fingerprint density at radius 2 is 2.07 bits per heavy atom. The molecule has 2 aliphatic heterocycles. The molecule has 27 heavy (non-hydrogen) atoms. The van der Waals surface area contributed by atoms with Crippen LogP contribution in [-0.2, 0) is 19.6 Å². The molecule has 0 radical (unpaired) electrons. The van der Waals surface area contributed by atoms with Gasteiger partial charge in [-0.25, -0.2) is 8.42 Å². The molecular weight excluding hydrogens is 392 g/mol. The molecule has 2 saturated heterocycles. The number of halogens is 1. The first-order chi connectivity index (χ1) is 12.9. The lowest BCUT2D eigenvalue weighted by Crippen LogP contribution is -2.44. The smallest absolute Gasteiger partial charge is 0.243 e. The second-order valence-corrected chi connectivity index (χ2v) is 9.20. The molecule has 2 aliphatic rings. The minimum Gasteiger partial charge on any atom is -0.495 e. The monoisotopic (exact) mass is 416 g/mol. The summed E-state index contributed by atoms with van der Waals surface area (Å²) in [6.45, 7) is 1.90. The van der Waals surface area contributed by atoms with E-state index in [4.69, 9.17) is 21.1 Å². The van der Waals surface area contributed by atoms with E-state index in [1.165, 1.54) is 23.5 Å². The van der Waals surface area contributed by atoms with E-state index in [9.17, 15) is 13.2 Å². The molecule has 1 aromatic rings. The number of nitrogens with zero attached hydrogens (tertiary/aromatic N) is 1. The zero-order chi connectivity index (χ0) is 19.4. The summed E-state index contributed by atoms with van der Waals surface area (Å²) in [4.78, 5) is 12.5. The fourth-order valence-electron chi connectivity index (χ4n) is 3.48. The van der Waals surface area contributed by atoms with Gasteiger partial charge in [-0.05, 0) is 43.9 Å². The lowest BCUT2D eigenvalue weighted by atomic mass is 9.97. The van der Waals surface area contributed by atoms with Crippen LogP contribution in [0.25, 0.3) is 0 Å². The highest BCUT2D eigenvalue weighted by molar-refractivity contribution is 7.89. The summed E-state index contributed by atoms with van der Waals surface area (Å²) in [5, 5.41) is 3.19. The number of ether oxygens (including phenoxy) is 2. The van der Waals surface area contributed by atoms with Gasteiger partial charge in [0, 0.05) is 32.2 Å². The first-order valence-corrected chi connectivity index (χ1v) is 11.0. The highest BCUT2D eigenvalue weighted by Crippen LogP contribution is 2.30. The van der Waals surface area contributed by atoms with Crippen molar-refractivity contribution in [2.45, 2.75) is 36.7 Å². The Hall–Kier alpha value is -1.35. The molecule has 0 unspecified atom stereocenters. The van der Waals surface area contributed by atoms with Gasteiger partial charge in [-0.15, -0.1) is 0 Å². The second-order valence-electron chi connectivity index (χ2n) is 6.85. The molecule has 1 atom stereocenters. The number of carbonyl (C=O) groups excluding carboxylic acids is 1. The SMILES string of the molecule is COc1ccc(S(=O)(=O)N2CCC(C(=O)NC[C@H]3CCCO3)CC2)cc1Cl. The number of nitrogens with one attached hydrogen (secondary N) is 1. The molecule has 0 spiro atoms. The van der Waals surface area contributed by atoms with Crippen LogP contribution in [0.15, 0.2) is 23.1 Å². The van der Waals surface area contributed by atoms with Crippen LogP contribution in [0.1, 0.15) is 25.7 Å². The number of sulfonamides is 1. The number of benzene rings is 1. The third-order valence-corrected chi connectivity index (χ3v) is 7.30. The van der Waals surface area contributed by atoms with Crippen LogP contribution >= 0.6 is 11.6 Å².